The zero-order valence-electron chi connectivity index (χ0n) is 15.5. The molecule has 0 bridgehead atoms. The zero-order valence-corrected chi connectivity index (χ0v) is 16.4. The summed E-state index contributed by atoms with van der Waals surface area (Å²) in [7, 11) is 0. The molecule has 0 aliphatic heterocycles. The Hall–Kier alpha value is -1.88. The average Bonchev–Trinajstić information content (AvgIpc) is 3.02. The van der Waals surface area contributed by atoms with Gasteiger partial charge in [-0.2, -0.15) is 0 Å². The first-order valence-corrected chi connectivity index (χ1v) is 9.83. The second-order valence-electron chi connectivity index (χ2n) is 6.69. The van der Waals surface area contributed by atoms with Crippen LogP contribution in [0.5, 0.6) is 5.75 Å². The van der Waals surface area contributed by atoms with Crippen molar-refractivity contribution in [2.24, 2.45) is 5.92 Å². The van der Waals surface area contributed by atoms with Crippen molar-refractivity contribution in [1.29, 1.82) is 0 Å². The minimum absolute atomic E-state index is 0.0335. The summed E-state index contributed by atoms with van der Waals surface area (Å²) in [6, 6.07) is 8.08. The van der Waals surface area contributed by atoms with E-state index < -0.39 is 0 Å². The lowest BCUT2D eigenvalue weighted by Crippen LogP contribution is -2.33. The van der Waals surface area contributed by atoms with E-state index in [1.54, 1.807) is 11.3 Å². The van der Waals surface area contributed by atoms with Crippen molar-refractivity contribution in [3.8, 4) is 16.3 Å². The van der Waals surface area contributed by atoms with Crippen LogP contribution in [0.3, 0.4) is 0 Å². The number of rotatable bonds is 9. The standard InChI is InChI=1S/C20H28N2O2S/c1-5-24-18-9-7-6-8-17(18)20-22-16(13-25-20)12-19(23)21-15(4)11-10-14(2)3/h6-9,13-15H,5,10-12H2,1-4H3,(H,21,23)/t15-/m1/s1. The highest BCUT2D eigenvalue weighted by molar-refractivity contribution is 7.13. The van der Waals surface area contributed by atoms with Crippen LogP contribution < -0.4 is 10.1 Å². The number of carbonyl (C=O) groups excluding carboxylic acids is 1. The van der Waals surface area contributed by atoms with E-state index in [1.807, 2.05) is 36.6 Å². The maximum Gasteiger partial charge on any atom is 0.226 e. The van der Waals surface area contributed by atoms with Gasteiger partial charge in [0.05, 0.1) is 24.3 Å². The summed E-state index contributed by atoms with van der Waals surface area (Å²) in [4.78, 5) is 16.8. The third-order valence-corrected chi connectivity index (χ3v) is 4.82. The van der Waals surface area contributed by atoms with Gasteiger partial charge in [-0.25, -0.2) is 4.98 Å². The number of amides is 1. The summed E-state index contributed by atoms with van der Waals surface area (Å²) >= 11 is 1.55. The van der Waals surface area contributed by atoms with E-state index >= 15 is 0 Å². The van der Waals surface area contributed by atoms with Crippen LogP contribution in [0.25, 0.3) is 10.6 Å². The van der Waals surface area contributed by atoms with Crippen LogP contribution in [0.4, 0.5) is 0 Å². The van der Waals surface area contributed by atoms with Gasteiger partial charge in [0.15, 0.2) is 0 Å². The summed E-state index contributed by atoms with van der Waals surface area (Å²) in [6.07, 6.45) is 2.45. The number of carbonyl (C=O) groups is 1. The second-order valence-corrected chi connectivity index (χ2v) is 7.55. The van der Waals surface area contributed by atoms with E-state index in [-0.39, 0.29) is 11.9 Å². The molecule has 1 aromatic carbocycles. The second kappa shape index (κ2) is 9.56. The van der Waals surface area contributed by atoms with E-state index in [9.17, 15) is 4.79 Å². The summed E-state index contributed by atoms with van der Waals surface area (Å²) in [6.45, 7) is 9.04. The molecular weight excluding hydrogens is 332 g/mol. The summed E-state index contributed by atoms with van der Waals surface area (Å²) in [5, 5.41) is 5.91. The highest BCUT2D eigenvalue weighted by Crippen LogP contribution is 2.32. The normalized spacial score (nSPS) is 12.2. The SMILES string of the molecule is CCOc1ccccc1-c1nc(CC(=O)N[C@H](C)CCC(C)C)cs1. The Kier molecular flexibility index (Phi) is 7.44. The Morgan fingerprint density at radius 2 is 2.00 bits per heavy atom. The Balaban J connectivity index is 1.96. The van der Waals surface area contributed by atoms with Crippen LogP contribution in [0.1, 0.15) is 46.2 Å². The van der Waals surface area contributed by atoms with Crippen molar-refractivity contribution in [2.75, 3.05) is 6.61 Å². The average molecular weight is 361 g/mol. The molecule has 1 aromatic heterocycles. The maximum atomic E-state index is 12.2. The molecule has 0 saturated carbocycles. The largest absolute Gasteiger partial charge is 0.493 e. The molecule has 25 heavy (non-hydrogen) atoms. The van der Waals surface area contributed by atoms with E-state index in [2.05, 4.69) is 31.1 Å². The first kappa shape index (κ1) is 19.4. The van der Waals surface area contributed by atoms with Crippen LogP contribution >= 0.6 is 11.3 Å². The first-order chi connectivity index (χ1) is 12.0. The fraction of sp³-hybridized carbons (Fsp3) is 0.500. The lowest BCUT2D eigenvalue weighted by molar-refractivity contribution is -0.121. The van der Waals surface area contributed by atoms with Gasteiger partial charge in [-0.15, -0.1) is 11.3 Å². The Morgan fingerprint density at radius 3 is 2.72 bits per heavy atom. The number of para-hydroxylation sites is 1. The van der Waals surface area contributed by atoms with Crippen LogP contribution in [0, 0.1) is 5.92 Å². The van der Waals surface area contributed by atoms with Crippen molar-refractivity contribution in [3.05, 3.63) is 35.3 Å². The molecule has 4 nitrogen and oxygen atoms in total. The van der Waals surface area contributed by atoms with Crippen LogP contribution in [0.2, 0.25) is 0 Å². The molecule has 0 radical (unpaired) electrons. The Morgan fingerprint density at radius 1 is 1.24 bits per heavy atom. The molecule has 2 rings (SSSR count). The Bertz CT molecular complexity index is 682. The zero-order chi connectivity index (χ0) is 18.2. The van der Waals surface area contributed by atoms with Crippen LogP contribution in [-0.2, 0) is 11.2 Å². The fourth-order valence-corrected chi connectivity index (χ4v) is 3.43. The first-order valence-electron chi connectivity index (χ1n) is 8.95. The van der Waals surface area contributed by atoms with Gasteiger partial charge in [-0.1, -0.05) is 26.0 Å². The van der Waals surface area contributed by atoms with Crippen molar-refractivity contribution >= 4 is 17.2 Å². The number of nitrogens with one attached hydrogen (secondary N) is 1. The summed E-state index contributed by atoms with van der Waals surface area (Å²) in [5.41, 5.74) is 1.78. The van der Waals surface area contributed by atoms with E-state index in [0.717, 1.165) is 34.9 Å². The molecule has 0 unspecified atom stereocenters. The minimum Gasteiger partial charge on any atom is -0.493 e. The maximum absolute atomic E-state index is 12.2. The van der Waals surface area contributed by atoms with Gasteiger partial charge < -0.3 is 10.1 Å². The molecular formula is C20H28N2O2S. The molecule has 0 spiro atoms. The molecule has 0 aliphatic carbocycles. The third kappa shape index (κ3) is 6.16. The smallest absolute Gasteiger partial charge is 0.226 e. The highest BCUT2D eigenvalue weighted by atomic mass is 32.1. The predicted octanol–water partition coefficient (Wildman–Crippen LogP) is 4.69. The summed E-state index contributed by atoms with van der Waals surface area (Å²) < 4.78 is 5.67. The van der Waals surface area contributed by atoms with Crippen molar-refractivity contribution < 1.29 is 9.53 Å². The predicted molar refractivity (Wildman–Crippen MR) is 104 cm³/mol. The monoisotopic (exact) mass is 360 g/mol. The molecule has 5 heteroatoms. The lowest BCUT2D eigenvalue weighted by Gasteiger charge is -2.14. The molecule has 136 valence electrons. The quantitative estimate of drug-likeness (QED) is 0.705. The van der Waals surface area contributed by atoms with Gasteiger partial charge in [-0.3, -0.25) is 4.79 Å². The van der Waals surface area contributed by atoms with Gasteiger partial charge in [0, 0.05) is 11.4 Å². The van der Waals surface area contributed by atoms with Gasteiger partial charge >= 0.3 is 0 Å². The number of benzene rings is 1. The molecule has 1 heterocycles. The molecule has 1 N–H and O–H groups in total. The molecule has 0 fully saturated rings. The van der Waals surface area contributed by atoms with E-state index in [4.69, 9.17) is 4.74 Å². The Labute approximate surface area is 154 Å². The molecule has 0 aliphatic rings. The van der Waals surface area contributed by atoms with E-state index in [1.165, 1.54) is 0 Å². The van der Waals surface area contributed by atoms with E-state index in [0.29, 0.717) is 18.9 Å². The highest BCUT2D eigenvalue weighted by Gasteiger charge is 2.14. The van der Waals surface area contributed by atoms with Crippen molar-refractivity contribution in [2.45, 2.75) is 53.0 Å². The van der Waals surface area contributed by atoms with Crippen LogP contribution in [-0.4, -0.2) is 23.5 Å². The van der Waals surface area contributed by atoms with Gasteiger partial charge in [0.1, 0.15) is 10.8 Å². The number of ether oxygens (including phenoxy) is 1. The number of aromatic nitrogens is 1. The molecule has 2 aromatic rings. The topological polar surface area (TPSA) is 51.2 Å². The number of thiazole rings is 1. The van der Waals surface area contributed by atoms with Gasteiger partial charge in [0.25, 0.3) is 0 Å². The van der Waals surface area contributed by atoms with Crippen LogP contribution in [0.15, 0.2) is 29.6 Å². The molecule has 1 atom stereocenters. The number of hydrogen-bond donors (Lipinski definition) is 1. The summed E-state index contributed by atoms with van der Waals surface area (Å²) in [5.74, 6) is 1.52. The number of nitrogens with zero attached hydrogens (tertiary/aromatic N) is 1. The van der Waals surface area contributed by atoms with Crippen molar-refractivity contribution in [1.82, 2.24) is 10.3 Å². The lowest BCUT2D eigenvalue weighted by atomic mass is 10.0. The van der Waals surface area contributed by atoms with Crippen molar-refractivity contribution in [3.63, 3.8) is 0 Å². The van der Waals surface area contributed by atoms with Gasteiger partial charge in [0.2, 0.25) is 5.91 Å². The number of hydrogen-bond acceptors (Lipinski definition) is 4. The minimum atomic E-state index is 0.0335. The van der Waals surface area contributed by atoms with Gasteiger partial charge in [-0.05, 0) is 44.7 Å². The third-order valence-electron chi connectivity index (χ3n) is 3.90. The molecule has 1 amide bonds. The molecule has 0 saturated heterocycles. The fourth-order valence-electron chi connectivity index (χ4n) is 2.58.